The second kappa shape index (κ2) is 36.5. The van der Waals surface area contributed by atoms with E-state index in [1.165, 1.54) is 140 Å². The predicted molar refractivity (Wildman–Crippen MR) is 357 cm³/mol. The maximum Gasteiger partial charge on any atom is 0.514 e. The molecule has 19 heteroatoms. The molecule has 6 heterocycles. The zero-order valence-electron chi connectivity index (χ0n) is 56.5. The highest BCUT2D eigenvalue weighted by Gasteiger charge is 2.50. The number of ether oxygens (including phenoxy) is 6. The highest BCUT2D eigenvalue weighted by Crippen LogP contribution is 2.43. The van der Waals surface area contributed by atoms with Gasteiger partial charge in [0.25, 0.3) is 0 Å². The van der Waals surface area contributed by atoms with E-state index >= 15 is 8.78 Å². The zero-order chi connectivity index (χ0) is 66.2. The highest BCUT2D eigenvalue weighted by molar-refractivity contribution is 6.03. The minimum Gasteiger partial charge on any atom is -0.462 e. The number of carbonyl (C=O) groups is 4. The Hall–Kier alpha value is -6.42. The molecule has 0 spiro atoms. The normalized spacial score (nSPS) is 18.7. The van der Waals surface area contributed by atoms with Crippen LogP contribution in [-0.2, 0) is 28.5 Å². The van der Waals surface area contributed by atoms with Gasteiger partial charge in [-0.25, -0.2) is 22.8 Å². The Balaban J connectivity index is 0.977. The molecule has 2 aromatic heterocycles. The molecule has 2 unspecified atom stereocenters. The second-order valence-electron chi connectivity index (χ2n) is 27.6. The quantitative estimate of drug-likeness (QED) is 0.0136. The lowest BCUT2D eigenvalue weighted by Crippen LogP contribution is -2.57. The van der Waals surface area contributed by atoms with Gasteiger partial charge in [0.15, 0.2) is 11.9 Å². The number of benzene rings is 2. The third-order valence-corrected chi connectivity index (χ3v) is 19.0. The monoisotopic (exact) mass is 1290 g/mol. The third-order valence-electron chi connectivity index (χ3n) is 19.0. The topological polar surface area (TPSA) is 172 Å². The molecule has 8 rings (SSSR count). The number of esters is 2. The van der Waals surface area contributed by atoms with Crippen LogP contribution in [0.2, 0.25) is 0 Å². The van der Waals surface area contributed by atoms with Crippen LogP contribution in [0.15, 0.2) is 30.5 Å². The van der Waals surface area contributed by atoms with Gasteiger partial charge in [-0.05, 0) is 89.4 Å². The van der Waals surface area contributed by atoms with Crippen LogP contribution >= 0.6 is 0 Å². The van der Waals surface area contributed by atoms with E-state index in [4.69, 9.17) is 39.8 Å². The number of fused-ring (bicyclic) bond motifs is 5. The first-order chi connectivity index (χ1) is 45.0. The maximum atomic E-state index is 18.0. The van der Waals surface area contributed by atoms with Gasteiger partial charge in [0.2, 0.25) is 0 Å². The summed E-state index contributed by atoms with van der Waals surface area (Å²) >= 11 is 0. The van der Waals surface area contributed by atoms with E-state index in [9.17, 15) is 23.6 Å². The van der Waals surface area contributed by atoms with Crippen molar-refractivity contribution in [1.82, 2.24) is 24.8 Å². The zero-order valence-corrected chi connectivity index (χ0v) is 56.5. The Morgan fingerprint density at radius 1 is 0.731 bits per heavy atom. The summed E-state index contributed by atoms with van der Waals surface area (Å²) < 4.78 is 83.9. The molecule has 0 N–H and O–H groups in total. The Labute approximate surface area is 550 Å². The predicted octanol–water partition coefficient (Wildman–Crippen LogP) is 17.6. The first-order valence-electron chi connectivity index (χ1n) is 35.6. The van der Waals surface area contributed by atoms with E-state index in [1.807, 2.05) is 25.7 Å². The molecule has 16 nitrogen and oxygen atoms in total. The number of alkyl halides is 1. The number of hydrogen-bond acceptors (Lipinski definition) is 15. The summed E-state index contributed by atoms with van der Waals surface area (Å²) in [5, 5.41) is 0.583. The SMILES string of the molecule is C#Cc1c(F)ccc2cc(OC(=O)OC(COC(=O)CCCCCCCCCCCCCCC)COC(=O)CCCCCCCCCCCCCCC)cc(-c3ncc4c(N5CC6CCC(C5)N6C(=O)OC(C)(C)C)nc(OC[C@@]56CCCN5C[C@H](F)C6)nc4c3F)c12. The number of nitrogens with zero attached hydrogens (tertiary/aromatic N) is 6. The molecule has 0 aliphatic carbocycles. The lowest BCUT2D eigenvalue weighted by atomic mass is 9.95. The van der Waals surface area contributed by atoms with E-state index in [-0.39, 0.29) is 88.2 Å². The van der Waals surface area contributed by atoms with E-state index in [1.54, 1.807) is 4.90 Å². The second-order valence-corrected chi connectivity index (χ2v) is 27.6. The minimum atomic E-state index is -1.26. The molecular weight excluding hydrogens is 1190 g/mol. The first kappa shape index (κ1) is 72.4. The van der Waals surface area contributed by atoms with Gasteiger partial charge in [-0.3, -0.25) is 24.4 Å². The molecule has 4 aliphatic rings. The highest BCUT2D eigenvalue weighted by atomic mass is 19.1. The van der Waals surface area contributed by atoms with Crippen LogP contribution in [0.3, 0.4) is 0 Å². The molecule has 1 amide bonds. The molecular formula is C74H105F3N6O10. The van der Waals surface area contributed by atoms with Gasteiger partial charge in [0.05, 0.1) is 28.6 Å². The number of terminal acetylenes is 1. The molecule has 4 aliphatic heterocycles. The number of piperazine rings is 1. The van der Waals surface area contributed by atoms with Crippen LogP contribution in [0.4, 0.5) is 28.6 Å². The van der Waals surface area contributed by atoms with Gasteiger partial charge < -0.3 is 33.3 Å². The molecule has 2 aromatic carbocycles. The number of carbonyl (C=O) groups excluding carboxylic acids is 4. The summed E-state index contributed by atoms with van der Waals surface area (Å²) in [7, 11) is 0. The van der Waals surface area contributed by atoms with E-state index in [0.717, 1.165) is 57.6 Å². The number of pyridine rings is 1. The molecule has 93 heavy (non-hydrogen) atoms. The average molecular weight is 1300 g/mol. The van der Waals surface area contributed by atoms with Gasteiger partial charge in [0, 0.05) is 56.0 Å². The number of amides is 1. The Bertz CT molecular complexity index is 3060. The third kappa shape index (κ3) is 21.3. The fourth-order valence-electron chi connectivity index (χ4n) is 14.1. The molecule has 4 saturated heterocycles. The lowest BCUT2D eigenvalue weighted by Gasteiger charge is -2.42. The summed E-state index contributed by atoms with van der Waals surface area (Å²) in [5.74, 6) is -0.108. The molecule has 0 radical (unpaired) electrons. The van der Waals surface area contributed by atoms with Crippen molar-refractivity contribution in [2.75, 3.05) is 50.9 Å². The molecule has 4 fully saturated rings. The van der Waals surface area contributed by atoms with Crippen molar-refractivity contribution in [3.63, 3.8) is 0 Å². The maximum absolute atomic E-state index is 18.0. The molecule has 0 saturated carbocycles. The largest absolute Gasteiger partial charge is 0.514 e. The minimum absolute atomic E-state index is 0.0463. The fourth-order valence-corrected chi connectivity index (χ4v) is 14.1. The molecule has 4 aromatic rings. The van der Waals surface area contributed by atoms with Crippen LogP contribution in [0.1, 0.15) is 252 Å². The van der Waals surface area contributed by atoms with Gasteiger partial charge in [-0.2, -0.15) is 9.97 Å². The van der Waals surface area contributed by atoms with Crippen molar-refractivity contribution in [2.24, 2.45) is 0 Å². The van der Waals surface area contributed by atoms with Crippen LogP contribution in [0.5, 0.6) is 11.8 Å². The summed E-state index contributed by atoms with van der Waals surface area (Å²) in [6.45, 7) is 10.9. The van der Waals surface area contributed by atoms with E-state index in [2.05, 4.69) is 34.6 Å². The van der Waals surface area contributed by atoms with E-state index in [0.29, 0.717) is 57.6 Å². The van der Waals surface area contributed by atoms with Crippen LogP contribution in [0, 0.1) is 24.0 Å². The summed E-state index contributed by atoms with van der Waals surface area (Å²) in [6.07, 6.45) is 37.2. The average Bonchev–Trinajstić information content (AvgIpc) is 1.63. The molecule has 512 valence electrons. The van der Waals surface area contributed by atoms with Gasteiger partial charge in [0.1, 0.15) is 60.2 Å². The lowest BCUT2D eigenvalue weighted by molar-refractivity contribution is -0.153. The van der Waals surface area contributed by atoms with Crippen molar-refractivity contribution >= 4 is 51.7 Å². The number of rotatable bonds is 39. The van der Waals surface area contributed by atoms with Crippen molar-refractivity contribution in [1.29, 1.82) is 0 Å². The van der Waals surface area contributed by atoms with Crippen LogP contribution in [-0.4, -0.2) is 130 Å². The van der Waals surface area contributed by atoms with Crippen LogP contribution < -0.4 is 14.4 Å². The van der Waals surface area contributed by atoms with Crippen molar-refractivity contribution in [3.8, 4) is 35.4 Å². The number of unbranched alkanes of at least 4 members (excludes halogenated alkanes) is 24. The molecule has 2 bridgehead atoms. The van der Waals surface area contributed by atoms with Crippen LogP contribution in [0.25, 0.3) is 32.9 Å². The number of halogens is 3. The van der Waals surface area contributed by atoms with Crippen molar-refractivity contribution in [2.45, 2.75) is 282 Å². The van der Waals surface area contributed by atoms with Gasteiger partial charge in [-0.1, -0.05) is 180 Å². The Morgan fingerprint density at radius 2 is 1.28 bits per heavy atom. The van der Waals surface area contributed by atoms with Crippen molar-refractivity contribution < 1.29 is 60.8 Å². The fraction of sp³-hybridized carbons (Fsp3) is 0.689. The Morgan fingerprint density at radius 3 is 1.82 bits per heavy atom. The van der Waals surface area contributed by atoms with Crippen molar-refractivity contribution in [3.05, 3.63) is 47.7 Å². The Kier molecular flexibility index (Phi) is 28.4. The number of aromatic nitrogens is 3. The van der Waals surface area contributed by atoms with Gasteiger partial charge >= 0.3 is 30.2 Å². The van der Waals surface area contributed by atoms with Gasteiger partial charge in [-0.15, -0.1) is 6.42 Å². The summed E-state index contributed by atoms with van der Waals surface area (Å²) in [5.41, 5.74) is -2.05. The molecule has 4 atom stereocenters. The standard InChI is InChI=1S/C74H105F3N6O10/c1-7-10-12-14-16-18-20-22-24-26-28-30-32-35-63(84)88-50-58(51-89-64(85)36-33-31-29-27-25-23-21-19-17-15-13-11-8-2)92-72(87)91-57-43-53-37-40-62(76)59(9-3)65(53)60(44-57)67-66(77)68-61(46-78-67)69(80-70(79-68)90-52-74-41-34-42-82(74)47-54(75)45-74)81-48-55-38-39-56(49-81)83(55)71(86)93-73(4,5)6/h3,37,40,43-44,46,54-56,58H,7-8,10-36,38-39,41-42,45,47-52H2,1-2,4-6H3/t54-,55?,56?,74+/m1/s1. The van der Waals surface area contributed by atoms with E-state index < -0.39 is 72.5 Å². The smallest absolute Gasteiger partial charge is 0.462 e. The first-order valence-corrected chi connectivity index (χ1v) is 35.6. The summed E-state index contributed by atoms with van der Waals surface area (Å²) in [6, 6.07) is 4.66. The number of hydrogen-bond donors (Lipinski definition) is 0. The summed E-state index contributed by atoms with van der Waals surface area (Å²) in [4.78, 5) is 73.9. The number of anilines is 1.